The van der Waals surface area contributed by atoms with Crippen molar-refractivity contribution in [1.29, 1.82) is 0 Å². The van der Waals surface area contributed by atoms with Gasteiger partial charge in [-0.05, 0) is 12.1 Å². The fraction of sp³-hybridized carbons (Fsp3) is 0.200. The summed E-state index contributed by atoms with van der Waals surface area (Å²) in [6, 6.07) is 2.87. The van der Waals surface area contributed by atoms with E-state index in [4.69, 9.17) is 11.6 Å². The van der Waals surface area contributed by atoms with Crippen LogP contribution in [-0.2, 0) is 4.84 Å². The van der Waals surface area contributed by atoms with E-state index in [1.165, 1.54) is 0 Å². The predicted molar refractivity (Wildman–Crippen MR) is 66.7 cm³/mol. The van der Waals surface area contributed by atoms with Gasteiger partial charge in [0, 0.05) is 12.5 Å². The third-order valence-corrected chi connectivity index (χ3v) is 2.24. The summed E-state index contributed by atoms with van der Waals surface area (Å²) in [5.41, 5.74) is -0.756. The Hall–Kier alpha value is -2.22. The molecule has 0 unspecified atom stereocenters. The van der Waals surface area contributed by atoms with Crippen molar-refractivity contribution in [1.82, 2.24) is 0 Å². The van der Waals surface area contributed by atoms with Crippen molar-refractivity contribution in [3.63, 3.8) is 0 Å². The molecule has 0 fully saturated rings. The number of nitrogens with zero attached hydrogens (tertiary/aromatic N) is 2. The molecule has 0 heterocycles. The third-order valence-electron chi connectivity index (χ3n) is 1.91. The molecule has 1 aromatic carbocycles. The quantitative estimate of drug-likeness (QED) is 0.398. The van der Waals surface area contributed by atoms with Crippen molar-refractivity contribution in [2.75, 3.05) is 5.32 Å². The predicted octanol–water partition coefficient (Wildman–Crippen LogP) is 3.24. The number of nitrogens with one attached hydrogen (secondary N) is 1. The monoisotopic (exact) mass is 289 g/mol. The maximum atomic E-state index is 13.0. The first-order valence-corrected chi connectivity index (χ1v) is 5.46. The number of hydrogen-bond donors (Lipinski definition) is 1. The Morgan fingerprint density at radius 3 is 2.89 bits per heavy atom. The number of amides is 1. The van der Waals surface area contributed by atoms with Crippen molar-refractivity contribution >= 4 is 34.2 Å². The van der Waals surface area contributed by atoms with E-state index in [-0.39, 0.29) is 10.9 Å². The number of oxime groups is 1. The first-order valence-electron chi connectivity index (χ1n) is 5.08. The van der Waals surface area contributed by atoms with Gasteiger partial charge >= 0.3 is 11.8 Å². The molecule has 7 nitrogen and oxygen atoms in total. The van der Waals surface area contributed by atoms with E-state index in [1.807, 2.05) is 0 Å². The first kappa shape index (κ1) is 14.8. The molecule has 1 N–H and O–H groups in total. The fourth-order valence-corrected chi connectivity index (χ4v) is 1.06. The third kappa shape index (κ3) is 4.51. The molecule has 9 heteroatoms. The number of carbonyl (C=O) groups is 1. The molecular formula is C10H9ClFN3O4. The Kier molecular flexibility index (Phi) is 5.19. The second-order valence-electron chi connectivity index (χ2n) is 3.25. The molecule has 0 bridgehead atoms. The lowest BCUT2D eigenvalue weighted by Gasteiger charge is -2.03. The fourth-order valence-electron chi connectivity index (χ4n) is 1.03. The van der Waals surface area contributed by atoms with Crippen molar-refractivity contribution in [3.8, 4) is 0 Å². The second-order valence-corrected chi connectivity index (χ2v) is 3.68. The molecule has 19 heavy (non-hydrogen) atoms. The molecular weight excluding hydrogens is 281 g/mol. The number of nitro benzene ring substituents is 1. The van der Waals surface area contributed by atoms with E-state index in [1.54, 1.807) is 6.92 Å². The van der Waals surface area contributed by atoms with Crippen molar-refractivity contribution in [2.24, 2.45) is 5.16 Å². The average molecular weight is 290 g/mol. The second kappa shape index (κ2) is 6.64. The minimum absolute atomic E-state index is 0.000853. The van der Waals surface area contributed by atoms with Crippen LogP contribution in [0.4, 0.5) is 20.6 Å². The highest BCUT2D eigenvalue weighted by Crippen LogP contribution is 2.21. The Morgan fingerprint density at radius 2 is 2.32 bits per heavy atom. The standard InChI is InChI=1S/C10H9ClFN3O4/c1-2-9(11)14-19-10(16)13-6-3-4-7(12)8(5-6)15(17)18/h3-5H,2H2,1H3,(H,13,16). The SMILES string of the molecule is CCC(Cl)=NOC(=O)Nc1ccc(F)c([N+](=O)[O-])c1. The molecule has 0 aliphatic rings. The summed E-state index contributed by atoms with van der Waals surface area (Å²) in [5.74, 6) is -1.00. The van der Waals surface area contributed by atoms with Crippen LogP contribution in [0.25, 0.3) is 0 Å². The van der Waals surface area contributed by atoms with E-state index in [0.717, 1.165) is 18.2 Å². The van der Waals surface area contributed by atoms with Gasteiger partial charge in [0.05, 0.1) is 10.6 Å². The minimum atomic E-state index is -1.00. The summed E-state index contributed by atoms with van der Waals surface area (Å²) in [6.45, 7) is 1.70. The summed E-state index contributed by atoms with van der Waals surface area (Å²) in [6.07, 6.45) is -0.607. The van der Waals surface area contributed by atoms with Gasteiger partial charge in [-0.2, -0.15) is 4.39 Å². The minimum Gasteiger partial charge on any atom is -0.297 e. The topological polar surface area (TPSA) is 93.8 Å². The normalized spacial score (nSPS) is 11.0. The smallest absolute Gasteiger partial charge is 0.297 e. The van der Waals surface area contributed by atoms with Crippen LogP contribution in [0, 0.1) is 15.9 Å². The lowest BCUT2D eigenvalue weighted by Crippen LogP contribution is -2.11. The zero-order valence-electron chi connectivity index (χ0n) is 9.72. The molecule has 0 atom stereocenters. The number of rotatable bonds is 4. The van der Waals surface area contributed by atoms with Gasteiger partial charge in [-0.25, -0.2) is 4.79 Å². The summed E-state index contributed by atoms with van der Waals surface area (Å²) >= 11 is 5.51. The van der Waals surface area contributed by atoms with Crippen LogP contribution < -0.4 is 5.32 Å². The van der Waals surface area contributed by atoms with E-state index < -0.39 is 22.5 Å². The summed E-state index contributed by atoms with van der Waals surface area (Å²) < 4.78 is 13.0. The van der Waals surface area contributed by atoms with E-state index in [2.05, 4.69) is 15.3 Å². The van der Waals surface area contributed by atoms with Crippen LogP contribution in [0.3, 0.4) is 0 Å². The molecule has 0 spiro atoms. The number of anilines is 1. The zero-order chi connectivity index (χ0) is 14.4. The van der Waals surface area contributed by atoms with Gasteiger partial charge in [0.15, 0.2) is 0 Å². The Bertz CT molecular complexity index is 536. The van der Waals surface area contributed by atoms with E-state index >= 15 is 0 Å². The van der Waals surface area contributed by atoms with Gasteiger partial charge in [0.25, 0.3) is 0 Å². The molecule has 1 amide bonds. The average Bonchev–Trinajstić information content (AvgIpc) is 2.37. The number of benzene rings is 1. The summed E-state index contributed by atoms with van der Waals surface area (Å²) in [4.78, 5) is 25.2. The van der Waals surface area contributed by atoms with Crippen LogP contribution in [0.2, 0.25) is 0 Å². The highest BCUT2D eigenvalue weighted by Gasteiger charge is 2.15. The zero-order valence-corrected chi connectivity index (χ0v) is 10.5. The molecule has 0 saturated heterocycles. The number of carbonyl (C=O) groups excluding carboxylic acids is 1. The molecule has 102 valence electrons. The Morgan fingerprint density at radius 1 is 1.63 bits per heavy atom. The van der Waals surface area contributed by atoms with Gasteiger partial charge in [0.1, 0.15) is 5.17 Å². The van der Waals surface area contributed by atoms with Gasteiger partial charge in [-0.15, -0.1) is 0 Å². The van der Waals surface area contributed by atoms with Crippen LogP contribution in [0.5, 0.6) is 0 Å². The number of nitro groups is 1. The lowest BCUT2D eigenvalue weighted by atomic mass is 10.2. The lowest BCUT2D eigenvalue weighted by molar-refractivity contribution is -0.387. The Balaban J connectivity index is 2.75. The molecule has 0 radical (unpaired) electrons. The number of hydrogen-bond acceptors (Lipinski definition) is 5. The van der Waals surface area contributed by atoms with Gasteiger partial charge in [0.2, 0.25) is 5.82 Å². The van der Waals surface area contributed by atoms with Gasteiger partial charge in [-0.1, -0.05) is 23.7 Å². The van der Waals surface area contributed by atoms with Crippen LogP contribution >= 0.6 is 11.6 Å². The van der Waals surface area contributed by atoms with Gasteiger partial charge in [-0.3, -0.25) is 20.3 Å². The Labute approximate surface area is 112 Å². The highest BCUT2D eigenvalue weighted by atomic mass is 35.5. The molecule has 0 saturated carbocycles. The van der Waals surface area contributed by atoms with Gasteiger partial charge < -0.3 is 0 Å². The van der Waals surface area contributed by atoms with Crippen molar-refractivity contribution in [3.05, 3.63) is 34.1 Å². The molecule has 1 rings (SSSR count). The maximum absolute atomic E-state index is 13.0. The maximum Gasteiger partial charge on any atom is 0.437 e. The number of halogens is 2. The van der Waals surface area contributed by atoms with Crippen molar-refractivity contribution < 1.29 is 18.9 Å². The van der Waals surface area contributed by atoms with Crippen molar-refractivity contribution in [2.45, 2.75) is 13.3 Å². The molecule has 0 aliphatic heterocycles. The largest absolute Gasteiger partial charge is 0.437 e. The summed E-state index contributed by atoms with van der Waals surface area (Å²) in [7, 11) is 0. The van der Waals surface area contributed by atoms with Crippen LogP contribution in [-0.4, -0.2) is 16.2 Å². The molecule has 0 aromatic heterocycles. The van der Waals surface area contributed by atoms with Crippen LogP contribution in [0.15, 0.2) is 23.4 Å². The highest BCUT2D eigenvalue weighted by molar-refractivity contribution is 6.65. The summed E-state index contributed by atoms with van der Waals surface area (Å²) in [5, 5.41) is 16.0. The van der Waals surface area contributed by atoms with E-state index in [9.17, 15) is 19.3 Å². The van der Waals surface area contributed by atoms with Crippen LogP contribution in [0.1, 0.15) is 13.3 Å². The molecule has 1 aromatic rings. The van der Waals surface area contributed by atoms with E-state index in [0.29, 0.717) is 6.42 Å². The molecule has 0 aliphatic carbocycles. The first-order chi connectivity index (χ1) is 8.93.